The van der Waals surface area contributed by atoms with Gasteiger partial charge in [-0.25, -0.2) is 0 Å². The van der Waals surface area contributed by atoms with Crippen molar-refractivity contribution in [2.75, 3.05) is 4.90 Å². The van der Waals surface area contributed by atoms with Crippen LogP contribution in [-0.4, -0.2) is 22.6 Å². The minimum atomic E-state index is -0.929. The van der Waals surface area contributed by atoms with Gasteiger partial charge in [0.25, 0.3) is 0 Å². The highest BCUT2D eigenvalue weighted by Crippen LogP contribution is 2.50. The first-order valence-corrected chi connectivity index (χ1v) is 11.7. The first-order chi connectivity index (χ1) is 16.1. The van der Waals surface area contributed by atoms with E-state index in [-0.39, 0.29) is 17.9 Å². The van der Waals surface area contributed by atoms with Crippen LogP contribution in [0.2, 0.25) is 5.02 Å². The number of fused-ring (bicyclic) bond motifs is 2. The monoisotopic (exact) mass is 475 g/mol. The second kappa shape index (κ2) is 7.88. The van der Waals surface area contributed by atoms with Gasteiger partial charge in [-0.05, 0) is 92.3 Å². The molecule has 1 atom stereocenters. The second-order valence-corrected chi connectivity index (χ2v) is 10.3. The Morgan fingerprint density at radius 3 is 2.50 bits per heavy atom. The maximum absolute atomic E-state index is 14.1. The van der Waals surface area contributed by atoms with Crippen molar-refractivity contribution in [1.29, 1.82) is 0 Å². The standard InChI is InChI=1S/C28H26ClNO4/c1-27(2)13-12-18-15-19(6-11-24(18)34-27)28(3)22-16-20(29)7-10-23(22)30(26(28)33)21-8-4-17(5-9-21)14-25(31)32/h4-11,15-16H,12-14H2,1-3H3,(H,31,32). The molecule has 2 aliphatic heterocycles. The van der Waals surface area contributed by atoms with Crippen molar-refractivity contribution in [2.45, 2.75) is 51.0 Å². The molecular formula is C28H26ClNO4. The van der Waals surface area contributed by atoms with E-state index in [1.165, 1.54) is 0 Å². The van der Waals surface area contributed by atoms with E-state index in [2.05, 4.69) is 19.9 Å². The van der Waals surface area contributed by atoms with E-state index in [9.17, 15) is 9.59 Å². The van der Waals surface area contributed by atoms with Gasteiger partial charge in [-0.2, -0.15) is 0 Å². The Balaban J connectivity index is 1.60. The van der Waals surface area contributed by atoms with Gasteiger partial charge < -0.3 is 9.84 Å². The molecule has 1 amide bonds. The van der Waals surface area contributed by atoms with Crippen molar-refractivity contribution in [2.24, 2.45) is 0 Å². The number of hydrogen-bond donors (Lipinski definition) is 1. The van der Waals surface area contributed by atoms with Crippen LogP contribution in [-0.2, 0) is 27.8 Å². The second-order valence-electron chi connectivity index (χ2n) is 9.85. The molecule has 0 spiro atoms. The number of amides is 1. The van der Waals surface area contributed by atoms with Crippen LogP contribution in [0.1, 0.15) is 49.4 Å². The molecule has 0 aliphatic carbocycles. The van der Waals surface area contributed by atoms with Gasteiger partial charge in [-0.15, -0.1) is 0 Å². The summed E-state index contributed by atoms with van der Waals surface area (Å²) in [4.78, 5) is 26.8. The molecular weight excluding hydrogens is 450 g/mol. The predicted molar refractivity (Wildman–Crippen MR) is 132 cm³/mol. The Kier molecular flexibility index (Phi) is 5.21. The van der Waals surface area contributed by atoms with Crippen LogP contribution in [0.5, 0.6) is 5.75 Å². The van der Waals surface area contributed by atoms with Crippen LogP contribution in [0.15, 0.2) is 60.7 Å². The molecule has 1 N–H and O–H groups in total. The molecule has 0 radical (unpaired) electrons. The van der Waals surface area contributed by atoms with Gasteiger partial charge in [0, 0.05) is 10.7 Å². The number of carboxylic acid groups (broad SMARTS) is 1. The lowest BCUT2D eigenvalue weighted by Crippen LogP contribution is -2.37. The van der Waals surface area contributed by atoms with E-state index in [0.29, 0.717) is 16.3 Å². The Bertz CT molecular complexity index is 1310. The number of anilines is 2. The molecule has 174 valence electrons. The summed E-state index contributed by atoms with van der Waals surface area (Å²) in [7, 11) is 0. The van der Waals surface area contributed by atoms with Crippen LogP contribution >= 0.6 is 11.6 Å². The fourth-order valence-electron chi connectivity index (χ4n) is 4.99. The van der Waals surface area contributed by atoms with Crippen LogP contribution in [0.3, 0.4) is 0 Å². The summed E-state index contributed by atoms with van der Waals surface area (Å²) < 4.78 is 6.16. The summed E-state index contributed by atoms with van der Waals surface area (Å²) in [5.74, 6) is -0.101. The summed E-state index contributed by atoms with van der Waals surface area (Å²) in [6.45, 7) is 6.12. The van der Waals surface area contributed by atoms with Gasteiger partial charge >= 0.3 is 5.97 Å². The van der Waals surface area contributed by atoms with Crippen molar-refractivity contribution in [3.63, 3.8) is 0 Å². The Morgan fingerprint density at radius 1 is 1.06 bits per heavy atom. The molecule has 5 rings (SSSR count). The summed E-state index contributed by atoms with van der Waals surface area (Å²) in [5.41, 5.74) is 3.86. The molecule has 0 fully saturated rings. The Hall–Kier alpha value is -3.31. The Morgan fingerprint density at radius 2 is 1.79 bits per heavy atom. The predicted octanol–water partition coefficient (Wildman–Crippen LogP) is 6.06. The quantitative estimate of drug-likeness (QED) is 0.498. The number of ether oxygens (including phenoxy) is 1. The number of hydrogen-bond acceptors (Lipinski definition) is 3. The third-order valence-electron chi connectivity index (χ3n) is 6.94. The maximum atomic E-state index is 14.1. The number of halogens is 1. The zero-order chi connectivity index (χ0) is 24.3. The normalized spacial score (nSPS) is 20.5. The molecule has 3 aromatic rings. The molecule has 3 aromatic carbocycles. The van der Waals surface area contributed by atoms with E-state index < -0.39 is 11.4 Å². The molecule has 2 aliphatic rings. The third-order valence-corrected chi connectivity index (χ3v) is 7.17. The van der Waals surface area contributed by atoms with Gasteiger partial charge in [-0.1, -0.05) is 35.9 Å². The minimum absolute atomic E-state index is 0.0634. The molecule has 5 nitrogen and oxygen atoms in total. The minimum Gasteiger partial charge on any atom is -0.488 e. The Labute approximate surface area is 203 Å². The van der Waals surface area contributed by atoms with Gasteiger partial charge in [0.15, 0.2) is 0 Å². The van der Waals surface area contributed by atoms with E-state index in [1.807, 2.05) is 31.2 Å². The van der Waals surface area contributed by atoms with Gasteiger partial charge in [0.2, 0.25) is 5.91 Å². The van der Waals surface area contributed by atoms with Gasteiger partial charge in [-0.3, -0.25) is 14.5 Å². The lowest BCUT2D eigenvalue weighted by molar-refractivity contribution is -0.136. The number of carbonyl (C=O) groups is 2. The molecule has 1 unspecified atom stereocenters. The van der Waals surface area contributed by atoms with Crippen LogP contribution in [0.4, 0.5) is 11.4 Å². The zero-order valence-corrected chi connectivity index (χ0v) is 20.1. The van der Waals surface area contributed by atoms with Crippen molar-refractivity contribution in [1.82, 2.24) is 0 Å². The number of aliphatic carboxylic acids is 1. The number of benzene rings is 3. The fraction of sp³-hybridized carbons (Fsp3) is 0.286. The molecule has 0 saturated carbocycles. The SMILES string of the molecule is CC1(C)CCc2cc(C3(C)C(=O)N(c4ccc(CC(=O)O)cc4)c4ccc(Cl)cc43)ccc2O1. The summed E-state index contributed by atoms with van der Waals surface area (Å²) in [6.07, 6.45) is 1.73. The highest BCUT2D eigenvalue weighted by atomic mass is 35.5. The highest BCUT2D eigenvalue weighted by molar-refractivity contribution is 6.31. The highest BCUT2D eigenvalue weighted by Gasteiger charge is 2.49. The molecule has 2 heterocycles. The summed E-state index contributed by atoms with van der Waals surface area (Å²) in [5, 5.41) is 9.64. The van der Waals surface area contributed by atoms with Crippen molar-refractivity contribution < 1.29 is 19.4 Å². The number of carboxylic acids is 1. The lowest BCUT2D eigenvalue weighted by atomic mass is 9.76. The van der Waals surface area contributed by atoms with E-state index >= 15 is 0 Å². The largest absolute Gasteiger partial charge is 0.488 e. The van der Waals surface area contributed by atoms with Gasteiger partial charge in [0.1, 0.15) is 11.4 Å². The number of carbonyl (C=O) groups excluding carboxylic acids is 1. The lowest BCUT2D eigenvalue weighted by Gasteiger charge is -2.34. The summed E-state index contributed by atoms with van der Waals surface area (Å²) in [6, 6.07) is 18.6. The molecule has 0 aromatic heterocycles. The molecule has 6 heteroatoms. The van der Waals surface area contributed by atoms with E-state index in [0.717, 1.165) is 41.0 Å². The molecule has 34 heavy (non-hydrogen) atoms. The molecule has 0 saturated heterocycles. The average Bonchev–Trinajstić information content (AvgIpc) is 3.00. The van der Waals surface area contributed by atoms with Gasteiger partial charge in [0.05, 0.1) is 17.5 Å². The number of rotatable bonds is 4. The van der Waals surface area contributed by atoms with Crippen molar-refractivity contribution >= 4 is 34.9 Å². The van der Waals surface area contributed by atoms with Crippen molar-refractivity contribution in [3.8, 4) is 5.75 Å². The van der Waals surface area contributed by atoms with Crippen LogP contribution in [0, 0.1) is 0 Å². The fourth-order valence-corrected chi connectivity index (χ4v) is 5.17. The first kappa shape index (κ1) is 22.5. The maximum Gasteiger partial charge on any atom is 0.307 e. The topological polar surface area (TPSA) is 66.8 Å². The van der Waals surface area contributed by atoms with E-state index in [4.69, 9.17) is 21.4 Å². The van der Waals surface area contributed by atoms with Crippen molar-refractivity contribution in [3.05, 3.63) is 87.9 Å². The van der Waals surface area contributed by atoms with E-state index in [1.54, 1.807) is 35.2 Å². The number of nitrogens with zero attached hydrogens (tertiary/aromatic N) is 1. The average molecular weight is 476 g/mol. The first-order valence-electron chi connectivity index (χ1n) is 11.4. The zero-order valence-electron chi connectivity index (χ0n) is 19.4. The summed E-state index contributed by atoms with van der Waals surface area (Å²) >= 11 is 6.39. The number of aryl methyl sites for hydroxylation is 1. The van der Waals surface area contributed by atoms with Crippen LogP contribution < -0.4 is 9.64 Å². The van der Waals surface area contributed by atoms with Crippen LogP contribution in [0.25, 0.3) is 0 Å². The third kappa shape index (κ3) is 3.64. The smallest absolute Gasteiger partial charge is 0.307 e. The molecule has 0 bridgehead atoms.